The van der Waals surface area contributed by atoms with Crippen molar-refractivity contribution >= 4 is 12.0 Å². The largest absolute Gasteiger partial charge is 0.480 e. The summed E-state index contributed by atoms with van der Waals surface area (Å²) in [6, 6.07) is -1.49. The van der Waals surface area contributed by atoms with Gasteiger partial charge in [-0.2, -0.15) is 5.10 Å². The number of rotatable bonds is 8. The van der Waals surface area contributed by atoms with Crippen molar-refractivity contribution < 1.29 is 19.4 Å². The number of urea groups is 1. The summed E-state index contributed by atoms with van der Waals surface area (Å²) < 4.78 is 6.51. The van der Waals surface area contributed by atoms with Gasteiger partial charge in [-0.15, -0.1) is 0 Å². The Bertz CT molecular complexity index is 487. The predicted octanol–water partition coefficient (Wildman–Crippen LogP) is 0.271. The van der Waals surface area contributed by atoms with Crippen LogP contribution >= 0.6 is 0 Å². The molecule has 0 radical (unpaired) electrons. The zero-order chi connectivity index (χ0) is 15.8. The summed E-state index contributed by atoms with van der Waals surface area (Å²) in [6.45, 7) is 2.55. The molecule has 8 heteroatoms. The average Bonchev–Trinajstić information content (AvgIpc) is 2.81. The average molecular weight is 298 g/mol. The number of hydrogen-bond acceptors (Lipinski definition) is 4. The quantitative estimate of drug-likeness (QED) is 0.639. The molecule has 1 aromatic heterocycles. The Morgan fingerprint density at radius 3 is 2.81 bits per heavy atom. The molecule has 0 aromatic carbocycles. The van der Waals surface area contributed by atoms with Gasteiger partial charge in [-0.05, 0) is 6.42 Å². The van der Waals surface area contributed by atoms with Crippen LogP contribution in [0.15, 0.2) is 6.20 Å². The van der Waals surface area contributed by atoms with Gasteiger partial charge in [0.15, 0.2) is 0 Å². The molecule has 0 saturated heterocycles. The molecule has 0 aliphatic rings. The van der Waals surface area contributed by atoms with Gasteiger partial charge < -0.3 is 20.5 Å². The zero-order valence-electron chi connectivity index (χ0n) is 12.5. The summed E-state index contributed by atoms with van der Waals surface area (Å²) in [6.07, 6.45) is 2.82. The Balaban J connectivity index is 2.50. The monoisotopic (exact) mass is 298 g/mol. The van der Waals surface area contributed by atoms with E-state index in [0.29, 0.717) is 6.54 Å². The van der Waals surface area contributed by atoms with Crippen LogP contribution in [0, 0.1) is 0 Å². The highest BCUT2D eigenvalue weighted by Crippen LogP contribution is 2.06. The number of aryl methyl sites for hydroxylation is 2. The summed E-state index contributed by atoms with van der Waals surface area (Å²) in [5.41, 5.74) is 1.82. The van der Waals surface area contributed by atoms with Gasteiger partial charge in [0.2, 0.25) is 0 Å². The van der Waals surface area contributed by atoms with E-state index in [4.69, 9.17) is 9.84 Å². The standard InChI is InChI=1S/C13H22N4O4/c1-4-10-9(8-17(2)16-10)7-14-13(20)15-11(12(18)19)5-6-21-3/h8,11H,4-7H2,1-3H3,(H,18,19)(H2,14,15,20). The minimum atomic E-state index is -1.09. The maximum Gasteiger partial charge on any atom is 0.326 e. The first-order valence-corrected chi connectivity index (χ1v) is 6.75. The first-order valence-electron chi connectivity index (χ1n) is 6.75. The number of nitrogens with zero attached hydrogens (tertiary/aromatic N) is 2. The number of carboxylic acid groups (broad SMARTS) is 1. The van der Waals surface area contributed by atoms with E-state index in [-0.39, 0.29) is 13.0 Å². The molecular formula is C13H22N4O4. The van der Waals surface area contributed by atoms with Gasteiger partial charge in [-0.1, -0.05) is 6.92 Å². The third kappa shape index (κ3) is 5.42. The number of aliphatic carboxylic acids is 1. The van der Waals surface area contributed by atoms with Gasteiger partial charge in [-0.3, -0.25) is 4.68 Å². The van der Waals surface area contributed by atoms with E-state index in [1.807, 2.05) is 20.2 Å². The predicted molar refractivity (Wildman–Crippen MR) is 75.9 cm³/mol. The van der Waals surface area contributed by atoms with Crippen LogP contribution in [-0.4, -0.2) is 46.6 Å². The molecule has 8 nitrogen and oxygen atoms in total. The molecule has 0 bridgehead atoms. The molecule has 118 valence electrons. The molecule has 1 unspecified atom stereocenters. The van der Waals surface area contributed by atoms with Crippen LogP contribution in [0.4, 0.5) is 4.79 Å². The second-order valence-corrected chi connectivity index (χ2v) is 4.63. The van der Waals surface area contributed by atoms with Crippen molar-refractivity contribution in [3.63, 3.8) is 0 Å². The highest BCUT2D eigenvalue weighted by atomic mass is 16.5. The molecule has 1 heterocycles. The van der Waals surface area contributed by atoms with Gasteiger partial charge in [-0.25, -0.2) is 9.59 Å². The molecule has 0 aliphatic heterocycles. The highest BCUT2D eigenvalue weighted by molar-refractivity contribution is 5.82. The Morgan fingerprint density at radius 1 is 1.52 bits per heavy atom. The Labute approximate surface area is 123 Å². The number of carbonyl (C=O) groups excluding carboxylic acids is 1. The number of ether oxygens (including phenoxy) is 1. The van der Waals surface area contributed by atoms with Crippen molar-refractivity contribution in [2.45, 2.75) is 32.4 Å². The third-order valence-electron chi connectivity index (χ3n) is 2.98. The van der Waals surface area contributed by atoms with Crippen LogP contribution in [0.25, 0.3) is 0 Å². The molecule has 0 saturated carbocycles. The number of carboxylic acids is 1. The van der Waals surface area contributed by atoms with Gasteiger partial charge in [0.05, 0.1) is 5.69 Å². The SMILES string of the molecule is CCc1nn(C)cc1CNC(=O)NC(CCOC)C(=O)O. The Morgan fingerprint density at radius 2 is 2.24 bits per heavy atom. The van der Waals surface area contributed by atoms with Crippen molar-refractivity contribution in [1.82, 2.24) is 20.4 Å². The lowest BCUT2D eigenvalue weighted by molar-refractivity contribution is -0.139. The van der Waals surface area contributed by atoms with Gasteiger partial charge in [0.25, 0.3) is 0 Å². The topological polar surface area (TPSA) is 105 Å². The fourth-order valence-corrected chi connectivity index (χ4v) is 1.91. The summed E-state index contributed by atoms with van der Waals surface area (Å²) in [5.74, 6) is -1.09. The number of hydrogen-bond donors (Lipinski definition) is 3. The highest BCUT2D eigenvalue weighted by Gasteiger charge is 2.19. The van der Waals surface area contributed by atoms with E-state index in [2.05, 4.69) is 15.7 Å². The fraction of sp³-hybridized carbons (Fsp3) is 0.615. The number of methoxy groups -OCH3 is 1. The summed E-state index contributed by atoms with van der Waals surface area (Å²) in [5, 5.41) is 18.3. The van der Waals surface area contributed by atoms with Crippen molar-refractivity contribution in [3.8, 4) is 0 Å². The number of aromatic nitrogens is 2. The zero-order valence-corrected chi connectivity index (χ0v) is 12.5. The van der Waals surface area contributed by atoms with Gasteiger partial charge in [0, 0.05) is 45.5 Å². The lowest BCUT2D eigenvalue weighted by Crippen LogP contribution is -2.46. The van der Waals surface area contributed by atoms with Crippen LogP contribution in [0.3, 0.4) is 0 Å². The lowest BCUT2D eigenvalue weighted by Gasteiger charge is -2.14. The van der Waals surface area contributed by atoms with E-state index < -0.39 is 18.0 Å². The lowest BCUT2D eigenvalue weighted by atomic mass is 10.2. The van der Waals surface area contributed by atoms with Crippen LogP contribution < -0.4 is 10.6 Å². The van der Waals surface area contributed by atoms with Crippen molar-refractivity contribution in [2.24, 2.45) is 7.05 Å². The van der Waals surface area contributed by atoms with E-state index in [0.717, 1.165) is 17.7 Å². The Hall–Kier alpha value is -2.09. The molecule has 0 aliphatic carbocycles. The van der Waals surface area contributed by atoms with E-state index in [9.17, 15) is 9.59 Å². The van der Waals surface area contributed by atoms with Crippen LogP contribution in [0.1, 0.15) is 24.6 Å². The molecular weight excluding hydrogens is 276 g/mol. The number of carbonyl (C=O) groups is 2. The van der Waals surface area contributed by atoms with Crippen molar-refractivity contribution in [2.75, 3.05) is 13.7 Å². The molecule has 3 N–H and O–H groups in total. The minimum absolute atomic E-state index is 0.215. The summed E-state index contributed by atoms with van der Waals surface area (Å²) in [7, 11) is 3.29. The molecule has 21 heavy (non-hydrogen) atoms. The molecule has 2 amide bonds. The second kappa shape index (κ2) is 8.25. The smallest absolute Gasteiger partial charge is 0.326 e. The summed E-state index contributed by atoms with van der Waals surface area (Å²) >= 11 is 0. The maximum absolute atomic E-state index is 11.7. The van der Waals surface area contributed by atoms with Gasteiger partial charge >= 0.3 is 12.0 Å². The normalized spacial score (nSPS) is 12.0. The summed E-state index contributed by atoms with van der Waals surface area (Å²) in [4.78, 5) is 22.8. The van der Waals surface area contributed by atoms with Crippen LogP contribution in [0.2, 0.25) is 0 Å². The molecule has 1 aromatic rings. The fourth-order valence-electron chi connectivity index (χ4n) is 1.91. The minimum Gasteiger partial charge on any atom is -0.480 e. The maximum atomic E-state index is 11.7. The number of nitrogens with one attached hydrogen (secondary N) is 2. The molecule has 1 rings (SSSR count). The van der Waals surface area contributed by atoms with E-state index >= 15 is 0 Å². The molecule has 0 fully saturated rings. The first-order chi connectivity index (χ1) is 9.97. The third-order valence-corrected chi connectivity index (χ3v) is 2.98. The van der Waals surface area contributed by atoms with Gasteiger partial charge in [0.1, 0.15) is 6.04 Å². The second-order valence-electron chi connectivity index (χ2n) is 4.63. The van der Waals surface area contributed by atoms with Crippen LogP contribution in [0.5, 0.6) is 0 Å². The van der Waals surface area contributed by atoms with Crippen LogP contribution in [-0.2, 0) is 29.5 Å². The Kier molecular flexibility index (Phi) is 6.67. The molecule has 1 atom stereocenters. The van der Waals surface area contributed by atoms with Crippen molar-refractivity contribution in [3.05, 3.63) is 17.5 Å². The van der Waals surface area contributed by atoms with Crippen molar-refractivity contribution in [1.29, 1.82) is 0 Å². The van der Waals surface area contributed by atoms with E-state index in [1.165, 1.54) is 7.11 Å². The molecule has 0 spiro atoms. The van der Waals surface area contributed by atoms with E-state index in [1.54, 1.807) is 4.68 Å². The first kappa shape index (κ1) is 17.0. The number of amides is 2.